The van der Waals surface area contributed by atoms with Crippen LogP contribution < -0.4 is 14.8 Å². The van der Waals surface area contributed by atoms with Crippen LogP contribution in [0.15, 0.2) is 12.1 Å². The molecule has 0 fully saturated rings. The fraction of sp³-hybridized carbons (Fsp3) is 0.364. The Kier molecular flexibility index (Phi) is 5.49. The van der Waals surface area contributed by atoms with Crippen LogP contribution in [0.25, 0.3) is 0 Å². The first-order valence-corrected chi connectivity index (χ1v) is 5.98. The third-order valence-corrected chi connectivity index (χ3v) is 3.19. The van der Waals surface area contributed by atoms with Gasteiger partial charge in [-0.15, -0.1) is 0 Å². The molecule has 1 unspecified atom stereocenters. The minimum Gasteiger partial charge on any atom is -0.493 e. The molecule has 0 heterocycles. The van der Waals surface area contributed by atoms with Crippen molar-refractivity contribution in [2.45, 2.75) is 6.10 Å². The molecule has 0 aromatic heterocycles. The Morgan fingerprint density at radius 2 is 2.00 bits per heavy atom. The first kappa shape index (κ1) is 14.0. The molecule has 0 saturated carbocycles. The molecule has 6 heteroatoms. The fourth-order valence-corrected chi connectivity index (χ4v) is 2.19. The summed E-state index contributed by atoms with van der Waals surface area (Å²) in [6, 6.07) is 3.48. The van der Waals surface area contributed by atoms with Crippen LogP contribution in [-0.2, 0) is 4.79 Å². The highest BCUT2D eigenvalue weighted by atomic mass is 127. The average Bonchev–Trinajstić information content (AvgIpc) is 2.35. The molecule has 0 aliphatic heterocycles. The van der Waals surface area contributed by atoms with E-state index in [9.17, 15) is 9.90 Å². The molecule has 0 saturated heterocycles. The Labute approximate surface area is 113 Å². The van der Waals surface area contributed by atoms with Gasteiger partial charge in [-0.05, 0) is 40.3 Å². The van der Waals surface area contributed by atoms with Crippen LogP contribution in [0.3, 0.4) is 0 Å². The van der Waals surface area contributed by atoms with Crippen molar-refractivity contribution in [3.63, 3.8) is 0 Å². The normalized spacial score (nSPS) is 11.8. The van der Waals surface area contributed by atoms with E-state index >= 15 is 0 Å². The number of carbonyl (C=O) groups excluding carboxylic acids is 1. The minimum absolute atomic E-state index is 0.162. The molecule has 0 bridgehead atoms. The second kappa shape index (κ2) is 6.65. The minimum atomic E-state index is -0.771. The lowest BCUT2D eigenvalue weighted by molar-refractivity contribution is -0.109. The van der Waals surface area contributed by atoms with Gasteiger partial charge in [0.2, 0.25) is 6.41 Å². The van der Waals surface area contributed by atoms with E-state index in [1.165, 1.54) is 7.11 Å². The van der Waals surface area contributed by atoms with E-state index in [0.29, 0.717) is 23.5 Å². The summed E-state index contributed by atoms with van der Waals surface area (Å²) in [7, 11) is 3.09. The maximum absolute atomic E-state index is 10.2. The maximum atomic E-state index is 10.2. The summed E-state index contributed by atoms with van der Waals surface area (Å²) >= 11 is 2.10. The van der Waals surface area contributed by atoms with Gasteiger partial charge in [-0.1, -0.05) is 0 Å². The summed E-state index contributed by atoms with van der Waals surface area (Å²) < 4.78 is 11.2. The number of halogens is 1. The molecule has 1 aromatic rings. The van der Waals surface area contributed by atoms with Crippen LogP contribution in [0.4, 0.5) is 0 Å². The van der Waals surface area contributed by atoms with Gasteiger partial charge in [0.15, 0.2) is 11.5 Å². The largest absolute Gasteiger partial charge is 0.493 e. The van der Waals surface area contributed by atoms with Crippen molar-refractivity contribution < 1.29 is 19.4 Å². The second-order valence-corrected chi connectivity index (χ2v) is 4.43. The van der Waals surface area contributed by atoms with Gasteiger partial charge in [-0.25, -0.2) is 0 Å². The summed E-state index contributed by atoms with van der Waals surface area (Å²) in [6.07, 6.45) is -0.219. The van der Waals surface area contributed by atoms with Crippen LogP contribution in [0.1, 0.15) is 11.7 Å². The van der Waals surface area contributed by atoms with Gasteiger partial charge in [0.1, 0.15) is 0 Å². The van der Waals surface area contributed by atoms with E-state index < -0.39 is 6.10 Å². The Morgan fingerprint density at radius 3 is 2.53 bits per heavy atom. The highest BCUT2D eigenvalue weighted by molar-refractivity contribution is 14.1. The molecule has 5 nitrogen and oxygen atoms in total. The third kappa shape index (κ3) is 3.47. The zero-order valence-corrected chi connectivity index (χ0v) is 11.7. The van der Waals surface area contributed by atoms with Crippen molar-refractivity contribution in [3.05, 3.63) is 21.3 Å². The van der Waals surface area contributed by atoms with Gasteiger partial charge in [0.05, 0.1) is 20.3 Å². The highest BCUT2D eigenvalue weighted by Crippen LogP contribution is 2.33. The van der Waals surface area contributed by atoms with Gasteiger partial charge in [0.25, 0.3) is 0 Å². The topological polar surface area (TPSA) is 67.8 Å². The quantitative estimate of drug-likeness (QED) is 0.595. The van der Waals surface area contributed by atoms with Crippen molar-refractivity contribution in [2.75, 3.05) is 20.8 Å². The number of benzene rings is 1. The molecular formula is C11H14INO4. The molecule has 0 radical (unpaired) electrons. The Balaban J connectivity index is 3.03. The summed E-state index contributed by atoms with van der Waals surface area (Å²) in [4.78, 5) is 10.2. The molecule has 1 atom stereocenters. The van der Waals surface area contributed by atoms with Gasteiger partial charge in [-0.3, -0.25) is 4.79 Å². The number of hydrogen-bond acceptors (Lipinski definition) is 4. The predicted octanol–water partition coefficient (Wildman–Crippen LogP) is 1.09. The SMILES string of the molecule is COc1cc(I)c(C(O)CNC=O)cc1OC. The number of nitrogens with one attached hydrogen (secondary N) is 1. The van der Waals surface area contributed by atoms with E-state index in [4.69, 9.17) is 9.47 Å². The number of ether oxygens (including phenoxy) is 2. The van der Waals surface area contributed by atoms with E-state index in [-0.39, 0.29) is 6.54 Å². The lowest BCUT2D eigenvalue weighted by Gasteiger charge is -2.15. The summed E-state index contributed by atoms with van der Waals surface area (Å²) in [6.45, 7) is 0.162. The average molecular weight is 351 g/mol. The van der Waals surface area contributed by atoms with Crippen LogP contribution in [-0.4, -0.2) is 32.3 Å². The fourth-order valence-electron chi connectivity index (χ4n) is 1.39. The monoisotopic (exact) mass is 351 g/mol. The zero-order chi connectivity index (χ0) is 12.8. The van der Waals surface area contributed by atoms with Gasteiger partial charge >= 0.3 is 0 Å². The second-order valence-electron chi connectivity index (χ2n) is 3.27. The predicted molar refractivity (Wildman–Crippen MR) is 71.3 cm³/mol. The van der Waals surface area contributed by atoms with Crippen molar-refractivity contribution in [3.8, 4) is 11.5 Å². The van der Waals surface area contributed by atoms with Crippen LogP contribution >= 0.6 is 22.6 Å². The smallest absolute Gasteiger partial charge is 0.207 e. The number of aliphatic hydroxyl groups is 1. The number of methoxy groups -OCH3 is 2. The number of amides is 1. The van der Waals surface area contributed by atoms with E-state index in [2.05, 4.69) is 27.9 Å². The molecule has 2 N–H and O–H groups in total. The first-order valence-electron chi connectivity index (χ1n) is 4.90. The maximum Gasteiger partial charge on any atom is 0.207 e. The summed E-state index contributed by atoms with van der Waals surface area (Å²) in [5, 5.41) is 12.3. The molecule has 1 amide bonds. The molecule has 17 heavy (non-hydrogen) atoms. The molecule has 0 aliphatic rings. The van der Waals surface area contributed by atoms with E-state index in [1.807, 2.05) is 0 Å². The number of carbonyl (C=O) groups is 1. The Bertz CT molecular complexity index is 397. The molecular weight excluding hydrogens is 337 g/mol. The standard InChI is InChI=1S/C11H14INO4/c1-16-10-3-7(9(15)5-13-6-14)8(12)4-11(10)17-2/h3-4,6,9,15H,5H2,1-2H3,(H,13,14). The van der Waals surface area contributed by atoms with Crippen LogP contribution in [0.5, 0.6) is 11.5 Å². The van der Waals surface area contributed by atoms with Crippen LogP contribution in [0.2, 0.25) is 0 Å². The van der Waals surface area contributed by atoms with Gasteiger partial charge in [0, 0.05) is 10.1 Å². The van der Waals surface area contributed by atoms with E-state index in [0.717, 1.165) is 3.57 Å². The molecule has 1 rings (SSSR count). The van der Waals surface area contributed by atoms with Crippen molar-refractivity contribution in [2.24, 2.45) is 0 Å². The van der Waals surface area contributed by atoms with Crippen molar-refractivity contribution in [1.82, 2.24) is 5.32 Å². The lowest BCUT2D eigenvalue weighted by atomic mass is 10.1. The molecule has 1 aromatic carbocycles. The highest BCUT2D eigenvalue weighted by Gasteiger charge is 2.15. The number of hydrogen-bond donors (Lipinski definition) is 2. The van der Waals surface area contributed by atoms with E-state index in [1.54, 1.807) is 19.2 Å². The van der Waals surface area contributed by atoms with Crippen molar-refractivity contribution >= 4 is 29.0 Å². The molecule has 0 spiro atoms. The van der Waals surface area contributed by atoms with Gasteiger partial charge in [-0.2, -0.15) is 0 Å². The molecule has 94 valence electrons. The summed E-state index contributed by atoms with van der Waals surface area (Å²) in [5.41, 5.74) is 0.692. The Morgan fingerprint density at radius 1 is 1.41 bits per heavy atom. The number of aliphatic hydroxyl groups excluding tert-OH is 1. The Hall–Kier alpha value is -1.02. The third-order valence-electron chi connectivity index (χ3n) is 2.26. The molecule has 0 aliphatic carbocycles. The lowest BCUT2D eigenvalue weighted by Crippen LogP contribution is -2.20. The van der Waals surface area contributed by atoms with Crippen LogP contribution in [0, 0.1) is 3.57 Å². The zero-order valence-electron chi connectivity index (χ0n) is 9.57. The van der Waals surface area contributed by atoms with Crippen molar-refractivity contribution in [1.29, 1.82) is 0 Å². The van der Waals surface area contributed by atoms with Gasteiger partial charge < -0.3 is 19.9 Å². The summed E-state index contributed by atoms with van der Waals surface area (Å²) in [5.74, 6) is 1.16. The number of rotatable bonds is 6. The first-order chi connectivity index (χ1) is 8.13.